The van der Waals surface area contributed by atoms with Gasteiger partial charge in [0, 0.05) is 12.6 Å². The van der Waals surface area contributed by atoms with Crippen molar-refractivity contribution in [1.29, 1.82) is 0 Å². The highest BCUT2D eigenvalue weighted by molar-refractivity contribution is 5.29. The fraction of sp³-hybridized carbons (Fsp3) is 0.600. The van der Waals surface area contributed by atoms with Crippen molar-refractivity contribution >= 4 is 0 Å². The van der Waals surface area contributed by atoms with Gasteiger partial charge >= 0.3 is 6.36 Å². The molecule has 0 radical (unpaired) electrons. The number of aliphatic hydroxyl groups excluding tert-OH is 1. The fourth-order valence-electron chi connectivity index (χ4n) is 2.02. The van der Waals surface area contributed by atoms with Crippen LogP contribution in [-0.2, 0) is 0 Å². The van der Waals surface area contributed by atoms with E-state index in [9.17, 15) is 18.3 Å². The lowest BCUT2D eigenvalue weighted by Gasteiger charge is -2.19. The second kappa shape index (κ2) is 7.66. The van der Waals surface area contributed by atoms with E-state index in [1.165, 1.54) is 12.1 Å². The summed E-state index contributed by atoms with van der Waals surface area (Å²) < 4.78 is 40.0. The van der Waals surface area contributed by atoms with Crippen LogP contribution in [0.5, 0.6) is 5.75 Å². The molecule has 0 saturated carbocycles. The molecular weight excluding hydrogens is 283 g/mol. The highest BCUT2D eigenvalue weighted by Crippen LogP contribution is 2.24. The van der Waals surface area contributed by atoms with E-state index in [0.29, 0.717) is 18.9 Å². The van der Waals surface area contributed by atoms with Gasteiger partial charge in [-0.15, -0.1) is 13.2 Å². The molecule has 0 aliphatic carbocycles. The first-order chi connectivity index (χ1) is 9.67. The molecule has 1 aromatic rings. The lowest BCUT2D eigenvalue weighted by Crippen LogP contribution is -2.30. The average Bonchev–Trinajstić information content (AvgIpc) is 2.34. The Bertz CT molecular complexity index is 418. The Morgan fingerprint density at radius 1 is 1.14 bits per heavy atom. The van der Waals surface area contributed by atoms with Gasteiger partial charge in [-0.2, -0.15) is 0 Å². The third-order valence-corrected chi connectivity index (χ3v) is 3.02. The number of aliphatic hydroxyl groups is 1. The summed E-state index contributed by atoms with van der Waals surface area (Å²) in [6, 6.07) is 5.66. The van der Waals surface area contributed by atoms with E-state index in [1.54, 1.807) is 12.1 Å². The molecule has 21 heavy (non-hydrogen) atoms. The normalized spacial score (nSPS) is 15.0. The number of hydrogen-bond donors (Lipinski definition) is 2. The topological polar surface area (TPSA) is 41.5 Å². The van der Waals surface area contributed by atoms with Gasteiger partial charge in [0.15, 0.2) is 0 Å². The third kappa shape index (κ3) is 7.34. The van der Waals surface area contributed by atoms with Crippen molar-refractivity contribution in [3.8, 4) is 5.75 Å². The zero-order valence-corrected chi connectivity index (χ0v) is 12.4. The van der Waals surface area contributed by atoms with Crippen LogP contribution in [0.1, 0.15) is 38.8 Å². The van der Waals surface area contributed by atoms with Crippen molar-refractivity contribution in [3.05, 3.63) is 29.8 Å². The molecule has 0 aromatic heterocycles. The first kappa shape index (κ1) is 17.8. The summed E-state index contributed by atoms with van der Waals surface area (Å²) in [4.78, 5) is 0. The van der Waals surface area contributed by atoms with Crippen molar-refractivity contribution in [2.75, 3.05) is 6.54 Å². The summed E-state index contributed by atoms with van der Waals surface area (Å²) in [5, 5.41) is 12.9. The van der Waals surface area contributed by atoms with Gasteiger partial charge in [0.2, 0.25) is 0 Å². The van der Waals surface area contributed by atoms with E-state index in [-0.39, 0.29) is 11.8 Å². The van der Waals surface area contributed by atoms with Gasteiger partial charge in [-0.25, -0.2) is 0 Å². The molecule has 2 atom stereocenters. The van der Waals surface area contributed by atoms with E-state index in [0.717, 1.165) is 5.56 Å². The largest absolute Gasteiger partial charge is 0.573 e. The molecule has 1 rings (SSSR count). The summed E-state index contributed by atoms with van der Waals surface area (Å²) in [6.07, 6.45) is -4.40. The highest BCUT2D eigenvalue weighted by Gasteiger charge is 2.31. The monoisotopic (exact) mass is 305 g/mol. The molecule has 0 fully saturated rings. The Morgan fingerprint density at radius 2 is 1.71 bits per heavy atom. The molecule has 0 heterocycles. The molecule has 0 spiro atoms. The van der Waals surface area contributed by atoms with Gasteiger partial charge < -0.3 is 15.2 Å². The van der Waals surface area contributed by atoms with Crippen molar-refractivity contribution in [3.63, 3.8) is 0 Å². The molecule has 0 amide bonds. The number of nitrogens with one attached hydrogen (secondary N) is 1. The summed E-state index contributed by atoms with van der Waals surface area (Å²) in [7, 11) is 0. The zero-order valence-electron chi connectivity index (χ0n) is 12.4. The van der Waals surface area contributed by atoms with Crippen LogP contribution in [0.25, 0.3) is 0 Å². The average molecular weight is 305 g/mol. The second-order valence-corrected chi connectivity index (χ2v) is 5.53. The van der Waals surface area contributed by atoms with Crippen LogP contribution < -0.4 is 10.1 Å². The summed E-state index contributed by atoms with van der Waals surface area (Å²) in [6.45, 7) is 6.40. The molecule has 2 unspecified atom stereocenters. The van der Waals surface area contributed by atoms with Gasteiger partial charge in [0.05, 0.1) is 6.10 Å². The summed E-state index contributed by atoms with van der Waals surface area (Å²) >= 11 is 0. The van der Waals surface area contributed by atoms with Crippen LogP contribution in [-0.4, -0.2) is 24.1 Å². The first-order valence-corrected chi connectivity index (χ1v) is 6.94. The predicted molar refractivity (Wildman–Crippen MR) is 75.0 cm³/mol. The van der Waals surface area contributed by atoms with E-state index in [4.69, 9.17) is 0 Å². The van der Waals surface area contributed by atoms with E-state index < -0.39 is 12.5 Å². The Morgan fingerprint density at radius 3 is 2.19 bits per heavy atom. The summed E-state index contributed by atoms with van der Waals surface area (Å²) in [5.74, 6) is 0.175. The molecule has 1 aromatic carbocycles. The number of halogens is 3. The molecule has 3 nitrogen and oxygen atoms in total. The van der Waals surface area contributed by atoms with Gasteiger partial charge in [-0.3, -0.25) is 0 Å². The molecule has 2 N–H and O–H groups in total. The lowest BCUT2D eigenvalue weighted by molar-refractivity contribution is -0.274. The van der Waals surface area contributed by atoms with E-state index in [1.807, 2.05) is 20.8 Å². The Kier molecular flexibility index (Phi) is 6.48. The van der Waals surface area contributed by atoms with Crippen LogP contribution in [0.3, 0.4) is 0 Å². The first-order valence-electron chi connectivity index (χ1n) is 6.94. The molecular formula is C15H22F3NO2. The summed E-state index contributed by atoms with van der Waals surface area (Å²) in [5.41, 5.74) is 0.835. The molecule has 6 heteroatoms. The molecule has 0 aliphatic heterocycles. The van der Waals surface area contributed by atoms with Gasteiger partial charge in [0.1, 0.15) is 5.75 Å². The minimum Gasteiger partial charge on any atom is -0.406 e. The molecule has 120 valence electrons. The minimum absolute atomic E-state index is 0.0632. The maximum absolute atomic E-state index is 12.1. The van der Waals surface area contributed by atoms with Crippen molar-refractivity contribution in [1.82, 2.24) is 5.32 Å². The number of alkyl halides is 3. The van der Waals surface area contributed by atoms with Crippen molar-refractivity contribution in [2.24, 2.45) is 5.92 Å². The molecule has 0 saturated heterocycles. The van der Waals surface area contributed by atoms with Crippen LogP contribution in [0.4, 0.5) is 13.2 Å². The SMILES string of the molecule is CC(C)CC(O)CNC(C)c1ccc(OC(F)(F)F)cc1. The smallest absolute Gasteiger partial charge is 0.406 e. The molecule has 0 bridgehead atoms. The van der Waals surface area contributed by atoms with Gasteiger partial charge in [-0.05, 0) is 37.0 Å². The maximum atomic E-state index is 12.1. The quantitative estimate of drug-likeness (QED) is 0.808. The van der Waals surface area contributed by atoms with Gasteiger partial charge in [-0.1, -0.05) is 26.0 Å². The minimum atomic E-state index is -4.67. The van der Waals surface area contributed by atoms with E-state index in [2.05, 4.69) is 10.1 Å². The van der Waals surface area contributed by atoms with Crippen LogP contribution in [0, 0.1) is 5.92 Å². The molecule has 0 aliphatic rings. The number of benzene rings is 1. The Balaban J connectivity index is 2.49. The maximum Gasteiger partial charge on any atom is 0.573 e. The predicted octanol–water partition coefficient (Wildman–Crippen LogP) is 3.64. The Labute approximate surface area is 123 Å². The second-order valence-electron chi connectivity index (χ2n) is 5.53. The van der Waals surface area contributed by atoms with E-state index >= 15 is 0 Å². The van der Waals surface area contributed by atoms with Crippen molar-refractivity contribution in [2.45, 2.75) is 45.7 Å². The van der Waals surface area contributed by atoms with Crippen LogP contribution in [0.15, 0.2) is 24.3 Å². The lowest BCUT2D eigenvalue weighted by atomic mass is 10.0. The standard InChI is InChI=1S/C15H22F3NO2/c1-10(2)8-13(20)9-19-11(3)12-4-6-14(7-5-12)21-15(16,17)18/h4-7,10-11,13,19-20H,8-9H2,1-3H3. The highest BCUT2D eigenvalue weighted by atomic mass is 19.4. The third-order valence-electron chi connectivity index (χ3n) is 3.02. The van der Waals surface area contributed by atoms with Crippen molar-refractivity contribution < 1.29 is 23.0 Å². The number of hydrogen-bond acceptors (Lipinski definition) is 3. The Hall–Kier alpha value is -1.27. The number of rotatable bonds is 7. The zero-order chi connectivity index (χ0) is 16.0. The number of ether oxygens (including phenoxy) is 1. The fourth-order valence-corrected chi connectivity index (χ4v) is 2.02. The van der Waals surface area contributed by atoms with Gasteiger partial charge in [0.25, 0.3) is 0 Å². The van der Waals surface area contributed by atoms with Crippen LogP contribution in [0.2, 0.25) is 0 Å². The van der Waals surface area contributed by atoms with Crippen LogP contribution >= 0.6 is 0 Å².